The fraction of sp³-hybridized carbons (Fsp3) is 0.200. The minimum absolute atomic E-state index is 0.0791. The summed E-state index contributed by atoms with van der Waals surface area (Å²) in [6, 6.07) is 6.79. The number of aliphatic hydroxyl groups excluding tert-OH is 1. The molecule has 3 nitrogen and oxygen atoms in total. The third-order valence-electron chi connectivity index (χ3n) is 3.15. The van der Waals surface area contributed by atoms with Gasteiger partial charge in [-0.1, -0.05) is 30.3 Å². The molecule has 0 aliphatic heterocycles. The lowest BCUT2D eigenvalue weighted by atomic mass is 9.78. The van der Waals surface area contributed by atoms with Crippen molar-refractivity contribution in [2.24, 2.45) is 5.92 Å². The van der Waals surface area contributed by atoms with Gasteiger partial charge in [-0.15, -0.1) is 6.58 Å². The van der Waals surface area contributed by atoms with Crippen molar-refractivity contribution in [2.45, 2.75) is 13.3 Å². The molecule has 1 aromatic rings. The van der Waals surface area contributed by atoms with Gasteiger partial charge in [0, 0.05) is 16.7 Å². The average Bonchev–Trinajstić information content (AvgIpc) is 2.35. The molecule has 1 unspecified atom stereocenters. The maximum atomic E-state index is 12.3. The second-order valence-corrected chi connectivity index (χ2v) is 4.31. The highest BCUT2D eigenvalue weighted by Gasteiger charge is 2.35. The van der Waals surface area contributed by atoms with E-state index < -0.39 is 5.92 Å². The van der Waals surface area contributed by atoms with Crippen LogP contribution in [0.1, 0.15) is 29.3 Å². The highest BCUT2D eigenvalue weighted by molar-refractivity contribution is 6.15. The van der Waals surface area contributed by atoms with E-state index in [0.717, 1.165) is 0 Å². The van der Waals surface area contributed by atoms with Gasteiger partial charge in [-0.3, -0.25) is 9.59 Å². The Labute approximate surface area is 105 Å². The Bertz CT molecular complexity index is 567. The topological polar surface area (TPSA) is 54.4 Å². The number of rotatable bonds is 3. The minimum atomic E-state index is -0.616. The molecule has 1 aromatic carbocycles. The second-order valence-electron chi connectivity index (χ2n) is 4.31. The van der Waals surface area contributed by atoms with Crippen molar-refractivity contribution in [1.29, 1.82) is 0 Å². The number of Topliss-reactive ketones (excluding diaryl/α,β-unsaturated/α-hetero) is 2. The van der Waals surface area contributed by atoms with E-state index in [0.29, 0.717) is 17.5 Å². The first-order chi connectivity index (χ1) is 8.57. The Morgan fingerprint density at radius 3 is 2.56 bits per heavy atom. The van der Waals surface area contributed by atoms with Crippen LogP contribution >= 0.6 is 0 Å². The first kappa shape index (κ1) is 12.3. The fourth-order valence-electron chi connectivity index (χ4n) is 2.34. The molecule has 0 saturated heterocycles. The zero-order valence-corrected chi connectivity index (χ0v) is 10.1. The van der Waals surface area contributed by atoms with Crippen molar-refractivity contribution in [1.82, 2.24) is 0 Å². The van der Waals surface area contributed by atoms with Gasteiger partial charge >= 0.3 is 0 Å². The number of hydrogen-bond donors (Lipinski definition) is 1. The summed E-state index contributed by atoms with van der Waals surface area (Å²) in [6.07, 6.45) is 1.94. The number of allylic oxidation sites excluding steroid dienone is 2. The lowest BCUT2D eigenvalue weighted by Crippen LogP contribution is -2.27. The minimum Gasteiger partial charge on any atom is -0.507 e. The number of ketones is 2. The van der Waals surface area contributed by atoms with Crippen molar-refractivity contribution < 1.29 is 14.7 Å². The maximum Gasteiger partial charge on any atom is 0.171 e. The monoisotopic (exact) mass is 242 g/mol. The van der Waals surface area contributed by atoms with Crippen molar-refractivity contribution in [3.05, 3.63) is 53.6 Å². The van der Waals surface area contributed by atoms with E-state index in [2.05, 4.69) is 6.58 Å². The molecular weight excluding hydrogens is 228 g/mol. The molecule has 0 radical (unpaired) electrons. The molecule has 2 rings (SSSR count). The van der Waals surface area contributed by atoms with Gasteiger partial charge in [-0.2, -0.15) is 0 Å². The molecule has 18 heavy (non-hydrogen) atoms. The lowest BCUT2D eigenvalue weighted by molar-refractivity contribution is -0.114. The van der Waals surface area contributed by atoms with E-state index in [4.69, 9.17) is 0 Å². The van der Waals surface area contributed by atoms with E-state index >= 15 is 0 Å². The molecule has 3 heteroatoms. The molecule has 92 valence electrons. The summed E-state index contributed by atoms with van der Waals surface area (Å²) in [5, 5.41) is 10.2. The van der Waals surface area contributed by atoms with Crippen LogP contribution in [0.15, 0.2) is 42.5 Å². The Morgan fingerprint density at radius 2 is 2.00 bits per heavy atom. The van der Waals surface area contributed by atoms with Gasteiger partial charge in [0.05, 0.1) is 5.92 Å². The number of benzene rings is 1. The van der Waals surface area contributed by atoms with Crippen LogP contribution in [0.25, 0.3) is 5.76 Å². The van der Waals surface area contributed by atoms with Crippen LogP contribution in [0.4, 0.5) is 0 Å². The van der Waals surface area contributed by atoms with Gasteiger partial charge < -0.3 is 5.11 Å². The summed E-state index contributed by atoms with van der Waals surface area (Å²) >= 11 is 0. The molecule has 0 fully saturated rings. The molecule has 1 aliphatic rings. The van der Waals surface area contributed by atoms with Gasteiger partial charge in [0.2, 0.25) is 0 Å². The molecule has 0 spiro atoms. The van der Waals surface area contributed by atoms with Crippen LogP contribution in [0.5, 0.6) is 0 Å². The molecule has 0 bridgehead atoms. The highest BCUT2D eigenvalue weighted by atomic mass is 16.3. The fourth-order valence-corrected chi connectivity index (χ4v) is 2.34. The third kappa shape index (κ3) is 1.78. The Balaban J connectivity index is 2.69. The average molecular weight is 242 g/mol. The molecule has 1 N–H and O–H groups in total. The first-order valence-corrected chi connectivity index (χ1v) is 5.76. The van der Waals surface area contributed by atoms with Crippen LogP contribution in [0, 0.1) is 5.92 Å². The Hall–Kier alpha value is -2.16. The predicted molar refractivity (Wildman–Crippen MR) is 69.3 cm³/mol. The zero-order valence-electron chi connectivity index (χ0n) is 10.1. The van der Waals surface area contributed by atoms with E-state index in [9.17, 15) is 14.7 Å². The standard InChI is InChI=1S/C15H14O3/c1-3-6-12-13(9(2)16)15(18)11-8-5-4-7-10(11)14(12)17/h3-5,7-8,12,18H,1,6H2,2H3. The summed E-state index contributed by atoms with van der Waals surface area (Å²) in [4.78, 5) is 24.0. The second kappa shape index (κ2) is 4.61. The summed E-state index contributed by atoms with van der Waals surface area (Å²) < 4.78 is 0. The van der Waals surface area contributed by atoms with Crippen LogP contribution in [0.2, 0.25) is 0 Å². The summed E-state index contributed by atoms with van der Waals surface area (Å²) in [6.45, 7) is 4.96. The number of hydrogen-bond acceptors (Lipinski definition) is 3. The van der Waals surface area contributed by atoms with Crippen LogP contribution in [-0.2, 0) is 4.79 Å². The number of fused-ring (bicyclic) bond motifs is 1. The maximum absolute atomic E-state index is 12.3. The van der Waals surface area contributed by atoms with Gasteiger partial charge in [0.15, 0.2) is 11.6 Å². The quantitative estimate of drug-likeness (QED) is 0.829. The number of aliphatic hydroxyl groups is 1. The largest absolute Gasteiger partial charge is 0.507 e. The van der Waals surface area contributed by atoms with E-state index in [1.165, 1.54) is 6.92 Å². The van der Waals surface area contributed by atoms with Gasteiger partial charge in [0.1, 0.15) is 5.76 Å². The molecule has 0 heterocycles. The van der Waals surface area contributed by atoms with Gasteiger partial charge in [-0.05, 0) is 13.3 Å². The first-order valence-electron chi connectivity index (χ1n) is 5.76. The van der Waals surface area contributed by atoms with Crippen molar-refractivity contribution >= 4 is 17.3 Å². The smallest absolute Gasteiger partial charge is 0.171 e. The SMILES string of the molecule is C=CCC1C(=O)c2ccccc2C(O)=C1C(C)=O. The van der Waals surface area contributed by atoms with E-state index in [-0.39, 0.29) is 22.9 Å². The Kier molecular flexibility index (Phi) is 3.15. The number of carbonyl (C=O) groups is 2. The van der Waals surface area contributed by atoms with Crippen molar-refractivity contribution in [3.8, 4) is 0 Å². The van der Waals surface area contributed by atoms with Gasteiger partial charge in [-0.25, -0.2) is 0 Å². The van der Waals surface area contributed by atoms with E-state index in [1.807, 2.05) is 0 Å². The molecular formula is C15H14O3. The zero-order chi connectivity index (χ0) is 13.3. The molecule has 1 atom stereocenters. The molecule has 1 aliphatic carbocycles. The van der Waals surface area contributed by atoms with Crippen molar-refractivity contribution in [2.75, 3.05) is 0 Å². The van der Waals surface area contributed by atoms with Crippen LogP contribution in [-0.4, -0.2) is 16.7 Å². The lowest BCUT2D eigenvalue weighted by Gasteiger charge is -2.24. The normalized spacial score (nSPS) is 18.5. The van der Waals surface area contributed by atoms with Crippen LogP contribution in [0.3, 0.4) is 0 Å². The molecule has 0 aromatic heterocycles. The predicted octanol–water partition coefficient (Wildman–Crippen LogP) is 2.93. The molecule has 0 amide bonds. The highest BCUT2D eigenvalue weighted by Crippen LogP contribution is 2.35. The van der Waals surface area contributed by atoms with Crippen molar-refractivity contribution in [3.63, 3.8) is 0 Å². The summed E-state index contributed by atoms with van der Waals surface area (Å²) in [5.74, 6) is -1.10. The number of carbonyl (C=O) groups excluding carboxylic acids is 2. The Morgan fingerprint density at radius 1 is 1.39 bits per heavy atom. The van der Waals surface area contributed by atoms with Gasteiger partial charge in [0.25, 0.3) is 0 Å². The summed E-state index contributed by atoms with van der Waals surface area (Å²) in [5.41, 5.74) is 1.10. The van der Waals surface area contributed by atoms with E-state index in [1.54, 1.807) is 30.3 Å². The van der Waals surface area contributed by atoms with Crippen LogP contribution < -0.4 is 0 Å². The third-order valence-corrected chi connectivity index (χ3v) is 3.15. The summed E-state index contributed by atoms with van der Waals surface area (Å²) in [7, 11) is 0. The molecule has 0 saturated carbocycles.